The molecule has 26 heavy (non-hydrogen) atoms. The van der Waals surface area contributed by atoms with Gasteiger partial charge in [0.05, 0.1) is 6.04 Å². The second kappa shape index (κ2) is 6.92. The lowest BCUT2D eigenvalue weighted by atomic mass is 10.2. The number of anilines is 1. The molecule has 0 spiro atoms. The first-order valence-corrected chi connectivity index (χ1v) is 8.43. The van der Waals surface area contributed by atoms with Crippen molar-refractivity contribution >= 4 is 23.6 Å². The summed E-state index contributed by atoms with van der Waals surface area (Å²) in [5, 5.41) is 2.89. The third-order valence-electron chi connectivity index (χ3n) is 4.36. The van der Waals surface area contributed by atoms with Crippen molar-refractivity contribution in [3.63, 3.8) is 0 Å². The van der Waals surface area contributed by atoms with E-state index in [1.807, 2.05) is 48.5 Å². The van der Waals surface area contributed by atoms with Gasteiger partial charge in [-0.25, -0.2) is 0 Å². The van der Waals surface area contributed by atoms with E-state index in [1.165, 1.54) is 6.08 Å². The van der Waals surface area contributed by atoms with E-state index in [1.54, 1.807) is 11.0 Å². The molecule has 2 heterocycles. The average Bonchev–Trinajstić information content (AvgIpc) is 3.26. The highest BCUT2D eigenvalue weighted by Crippen LogP contribution is 2.32. The van der Waals surface area contributed by atoms with Crippen LogP contribution in [-0.2, 0) is 9.59 Å². The molecule has 4 rings (SSSR count). The van der Waals surface area contributed by atoms with Crippen LogP contribution in [0.2, 0.25) is 0 Å². The van der Waals surface area contributed by atoms with Crippen LogP contribution < -0.4 is 19.7 Å². The normalized spacial score (nSPS) is 18.5. The minimum Gasteiger partial charge on any atom is -0.454 e. The molecule has 132 valence electrons. The van der Waals surface area contributed by atoms with Gasteiger partial charge in [-0.2, -0.15) is 0 Å². The predicted molar refractivity (Wildman–Crippen MR) is 96.9 cm³/mol. The Hall–Kier alpha value is -3.28. The number of hydrogen-bond donors (Lipinski definition) is 1. The first kappa shape index (κ1) is 16.2. The topological polar surface area (TPSA) is 67.9 Å². The second-order valence-corrected chi connectivity index (χ2v) is 6.20. The number of ether oxygens (including phenoxy) is 2. The van der Waals surface area contributed by atoms with Crippen molar-refractivity contribution in [2.45, 2.75) is 12.5 Å². The molecule has 1 N–H and O–H groups in total. The van der Waals surface area contributed by atoms with E-state index >= 15 is 0 Å². The molecule has 6 nitrogen and oxygen atoms in total. The van der Waals surface area contributed by atoms with Gasteiger partial charge in [-0.1, -0.05) is 24.3 Å². The van der Waals surface area contributed by atoms with Crippen LogP contribution in [0, 0.1) is 0 Å². The third-order valence-corrected chi connectivity index (χ3v) is 4.36. The van der Waals surface area contributed by atoms with E-state index in [2.05, 4.69) is 5.32 Å². The summed E-state index contributed by atoms with van der Waals surface area (Å²) in [5.74, 6) is 1.17. The fraction of sp³-hybridized carbons (Fsp3) is 0.200. The summed E-state index contributed by atoms with van der Waals surface area (Å²) in [7, 11) is 0. The number of nitrogens with zero attached hydrogens (tertiary/aromatic N) is 1. The number of fused-ring (bicyclic) bond motifs is 1. The molecule has 0 saturated carbocycles. The lowest BCUT2D eigenvalue weighted by Gasteiger charge is -2.16. The van der Waals surface area contributed by atoms with Gasteiger partial charge in [0.15, 0.2) is 11.5 Å². The van der Waals surface area contributed by atoms with Gasteiger partial charge in [-0.05, 0) is 35.9 Å². The van der Waals surface area contributed by atoms with E-state index in [0.29, 0.717) is 24.5 Å². The largest absolute Gasteiger partial charge is 0.454 e. The molecular formula is C20H18N2O4. The molecule has 0 unspecified atom stereocenters. The van der Waals surface area contributed by atoms with Crippen molar-refractivity contribution in [2.24, 2.45) is 0 Å². The SMILES string of the molecule is O=C(/C=C\c1ccc2c(c1)OCO2)N[C@H]1CC(=O)N(c2ccccc2)C1. The Morgan fingerprint density at radius 3 is 2.77 bits per heavy atom. The van der Waals surface area contributed by atoms with Gasteiger partial charge in [0.1, 0.15) is 0 Å². The Kier molecular flexibility index (Phi) is 4.31. The number of para-hydroxylation sites is 1. The summed E-state index contributed by atoms with van der Waals surface area (Å²) in [4.78, 5) is 26.1. The molecule has 0 radical (unpaired) electrons. The molecule has 2 aromatic carbocycles. The summed E-state index contributed by atoms with van der Waals surface area (Å²) in [6.07, 6.45) is 3.48. The number of carbonyl (C=O) groups is 2. The van der Waals surface area contributed by atoms with E-state index < -0.39 is 0 Å². The molecule has 2 amide bonds. The van der Waals surface area contributed by atoms with Gasteiger partial charge < -0.3 is 19.7 Å². The van der Waals surface area contributed by atoms with E-state index in [-0.39, 0.29) is 24.6 Å². The van der Waals surface area contributed by atoms with Crippen molar-refractivity contribution in [3.8, 4) is 11.5 Å². The summed E-state index contributed by atoms with van der Waals surface area (Å²) >= 11 is 0. The van der Waals surface area contributed by atoms with Crippen molar-refractivity contribution in [1.29, 1.82) is 0 Å². The van der Waals surface area contributed by atoms with Crippen LogP contribution in [0.4, 0.5) is 5.69 Å². The highest BCUT2D eigenvalue weighted by molar-refractivity contribution is 5.98. The van der Waals surface area contributed by atoms with Crippen molar-refractivity contribution < 1.29 is 19.1 Å². The van der Waals surface area contributed by atoms with E-state index in [9.17, 15) is 9.59 Å². The predicted octanol–water partition coefficient (Wildman–Crippen LogP) is 2.35. The monoisotopic (exact) mass is 350 g/mol. The molecule has 1 fully saturated rings. The second-order valence-electron chi connectivity index (χ2n) is 6.20. The van der Waals surface area contributed by atoms with Crippen molar-refractivity contribution in [3.05, 3.63) is 60.2 Å². The number of benzene rings is 2. The minimum absolute atomic E-state index is 0.0150. The highest BCUT2D eigenvalue weighted by atomic mass is 16.7. The number of nitrogens with one attached hydrogen (secondary N) is 1. The first-order chi connectivity index (χ1) is 12.7. The summed E-state index contributed by atoms with van der Waals surface area (Å²) in [5.41, 5.74) is 1.70. The van der Waals surface area contributed by atoms with Gasteiger partial charge in [0, 0.05) is 24.7 Å². The average molecular weight is 350 g/mol. The molecule has 2 aliphatic rings. The van der Waals surface area contributed by atoms with Gasteiger partial charge >= 0.3 is 0 Å². The Bertz CT molecular complexity index is 863. The minimum atomic E-state index is -0.227. The van der Waals surface area contributed by atoms with Gasteiger partial charge in [-0.3, -0.25) is 9.59 Å². The fourth-order valence-corrected chi connectivity index (χ4v) is 3.10. The van der Waals surface area contributed by atoms with Crippen LogP contribution in [0.15, 0.2) is 54.6 Å². The Morgan fingerprint density at radius 1 is 1.12 bits per heavy atom. The number of amides is 2. The van der Waals surface area contributed by atoms with E-state index in [4.69, 9.17) is 9.47 Å². The maximum Gasteiger partial charge on any atom is 0.244 e. The quantitative estimate of drug-likeness (QED) is 0.860. The maximum atomic E-state index is 12.2. The summed E-state index contributed by atoms with van der Waals surface area (Å²) in [6, 6.07) is 14.8. The molecule has 2 aliphatic heterocycles. The molecule has 0 bridgehead atoms. The van der Waals surface area contributed by atoms with Crippen molar-refractivity contribution in [1.82, 2.24) is 5.32 Å². The zero-order valence-electron chi connectivity index (χ0n) is 14.1. The zero-order chi connectivity index (χ0) is 17.9. The number of rotatable bonds is 4. The molecule has 2 aromatic rings. The van der Waals surface area contributed by atoms with E-state index in [0.717, 1.165) is 11.3 Å². The molecular weight excluding hydrogens is 332 g/mol. The number of carbonyl (C=O) groups excluding carboxylic acids is 2. The van der Waals surface area contributed by atoms with Gasteiger partial charge in [0.25, 0.3) is 0 Å². The van der Waals surface area contributed by atoms with Crippen LogP contribution in [0.5, 0.6) is 11.5 Å². The standard InChI is InChI=1S/C20H18N2O4/c23-19(9-7-14-6-8-17-18(10-14)26-13-25-17)21-15-11-20(24)22(12-15)16-4-2-1-3-5-16/h1-10,15H,11-13H2,(H,21,23)/b9-7-/t15-/m0/s1. The first-order valence-electron chi connectivity index (χ1n) is 8.43. The molecule has 1 atom stereocenters. The molecule has 1 saturated heterocycles. The van der Waals surface area contributed by atoms with Crippen molar-refractivity contribution in [2.75, 3.05) is 18.2 Å². The Balaban J connectivity index is 1.36. The van der Waals surface area contributed by atoms with Crippen LogP contribution in [-0.4, -0.2) is 31.2 Å². The van der Waals surface area contributed by atoms with Crippen LogP contribution in [0.1, 0.15) is 12.0 Å². The number of hydrogen-bond acceptors (Lipinski definition) is 4. The fourth-order valence-electron chi connectivity index (χ4n) is 3.10. The third kappa shape index (κ3) is 3.39. The highest BCUT2D eigenvalue weighted by Gasteiger charge is 2.31. The zero-order valence-corrected chi connectivity index (χ0v) is 14.1. The molecule has 6 heteroatoms. The lowest BCUT2D eigenvalue weighted by Crippen LogP contribution is -2.36. The lowest BCUT2D eigenvalue weighted by molar-refractivity contribution is -0.117. The van der Waals surface area contributed by atoms with Crippen LogP contribution in [0.25, 0.3) is 6.08 Å². The Labute approximate surface area is 151 Å². The maximum absolute atomic E-state index is 12.2. The Morgan fingerprint density at radius 2 is 1.92 bits per heavy atom. The molecule has 0 aromatic heterocycles. The van der Waals surface area contributed by atoms with Gasteiger partial charge in [-0.15, -0.1) is 0 Å². The summed E-state index contributed by atoms with van der Waals surface area (Å²) < 4.78 is 10.6. The summed E-state index contributed by atoms with van der Waals surface area (Å²) in [6.45, 7) is 0.697. The van der Waals surface area contributed by atoms with Crippen LogP contribution >= 0.6 is 0 Å². The smallest absolute Gasteiger partial charge is 0.244 e. The van der Waals surface area contributed by atoms with Gasteiger partial charge in [0.2, 0.25) is 18.6 Å². The van der Waals surface area contributed by atoms with Crippen LogP contribution in [0.3, 0.4) is 0 Å². The molecule has 0 aliphatic carbocycles.